The normalized spacial score (nSPS) is 27.6. The van der Waals surface area contributed by atoms with E-state index in [1.807, 2.05) is 13.8 Å². The van der Waals surface area contributed by atoms with E-state index in [1.54, 1.807) is 0 Å². The SMILES string of the molecule is C[C@@H](N)[C@@H]1CCCN(CC(C)(C)O)C1. The zero-order chi connectivity index (χ0) is 10.8. The molecule has 2 atom stereocenters. The molecule has 0 radical (unpaired) electrons. The molecule has 1 aliphatic rings. The van der Waals surface area contributed by atoms with Crippen LogP contribution in [0.25, 0.3) is 0 Å². The molecule has 1 saturated heterocycles. The molecule has 0 saturated carbocycles. The molecule has 1 fully saturated rings. The van der Waals surface area contributed by atoms with Crippen molar-refractivity contribution < 1.29 is 5.11 Å². The monoisotopic (exact) mass is 200 g/mol. The predicted molar refractivity (Wildman–Crippen MR) is 59.1 cm³/mol. The van der Waals surface area contributed by atoms with Gasteiger partial charge in [0.2, 0.25) is 0 Å². The van der Waals surface area contributed by atoms with Gasteiger partial charge in [-0.05, 0) is 46.1 Å². The fourth-order valence-electron chi connectivity index (χ4n) is 2.21. The van der Waals surface area contributed by atoms with E-state index in [0.717, 1.165) is 19.6 Å². The Morgan fingerprint density at radius 2 is 2.21 bits per heavy atom. The van der Waals surface area contributed by atoms with Gasteiger partial charge in [-0.25, -0.2) is 0 Å². The molecule has 84 valence electrons. The molecule has 14 heavy (non-hydrogen) atoms. The first kappa shape index (κ1) is 12.0. The van der Waals surface area contributed by atoms with Gasteiger partial charge in [0, 0.05) is 19.1 Å². The molecule has 0 aromatic heterocycles. The van der Waals surface area contributed by atoms with E-state index in [9.17, 15) is 5.11 Å². The smallest absolute Gasteiger partial charge is 0.0718 e. The number of nitrogens with zero attached hydrogens (tertiary/aromatic N) is 1. The van der Waals surface area contributed by atoms with Crippen LogP contribution >= 0.6 is 0 Å². The van der Waals surface area contributed by atoms with Crippen LogP contribution in [0, 0.1) is 5.92 Å². The Kier molecular flexibility index (Phi) is 3.93. The fourth-order valence-corrected chi connectivity index (χ4v) is 2.21. The molecular formula is C11H24N2O. The van der Waals surface area contributed by atoms with Crippen molar-refractivity contribution in [3.63, 3.8) is 0 Å². The number of hydrogen-bond acceptors (Lipinski definition) is 3. The minimum absolute atomic E-state index is 0.277. The lowest BCUT2D eigenvalue weighted by atomic mass is 9.91. The maximum atomic E-state index is 9.72. The summed E-state index contributed by atoms with van der Waals surface area (Å²) >= 11 is 0. The average molecular weight is 200 g/mol. The maximum absolute atomic E-state index is 9.72. The van der Waals surface area contributed by atoms with Crippen LogP contribution in [0.15, 0.2) is 0 Å². The first-order valence-electron chi connectivity index (χ1n) is 5.59. The van der Waals surface area contributed by atoms with Gasteiger partial charge in [0.05, 0.1) is 5.60 Å². The average Bonchev–Trinajstić information content (AvgIpc) is 2.01. The number of rotatable bonds is 3. The number of likely N-dealkylation sites (tertiary alicyclic amines) is 1. The molecule has 0 amide bonds. The van der Waals surface area contributed by atoms with E-state index >= 15 is 0 Å². The second-order valence-electron chi connectivity index (χ2n) is 5.31. The number of piperidine rings is 1. The first-order valence-corrected chi connectivity index (χ1v) is 5.59. The molecular weight excluding hydrogens is 176 g/mol. The van der Waals surface area contributed by atoms with Gasteiger partial charge in [0.1, 0.15) is 0 Å². The molecule has 3 N–H and O–H groups in total. The summed E-state index contributed by atoms with van der Waals surface area (Å²) in [7, 11) is 0. The van der Waals surface area contributed by atoms with E-state index in [-0.39, 0.29) is 6.04 Å². The molecule has 1 aliphatic heterocycles. The van der Waals surface area contributed by atoms with Gasteiger partial charge in [-0.1, -0.05) is 0 Å². The Labute approximate surface area is 87.3 Å². The van der Waals surface area contributed by atoms with Crippen LogP contribution in [-0.2, 0) is 0 Å². The third-order valence-corrected chi connectivity index (χ3v) is 2.90. The minimum atomic E-state index is -0.584. The van der Waals surface area contributed by atoms with Gasteiger partial charge in [-0.15, -0.1) is 0 Å². The summed E-state index contributed by atoms with van der Waals surface area (Å²) in [5.41, 5.74) is 5.32. The number of nitrogens with two attached hydrogens (primary N) is 1. The van der Waals surface area contributed by atoms with Crippen molar-refractivity contribution in [3.8, 4) is 0 Å². The molecule has 0 spiro atoms. The predicted octanol–water partition coefficient (Wildman–Crippen LogP) is 0.816. The highest BCUT2D eigenvalue weighted by Gasteiger charge is 2.26. The van der Waals surface area contributed by atoms with E-state index in [0.29, 0.717) is 5.92 Å². The minimum Gasteiger partial charge on any atom is -0.389 e. The highest BCUT2D eigenvalue weighted by atomic mass is 16.3. The van der Waals surface area contributed by atoms with Gasteiger partial charge >= 0.3 is 0 Å². The van der Waals surface area contributed by atoms with Crippen molar-refractivity contribution in [1.29, 1.82) is 0 Å². The zero-order valence-corrected chi connectivity index (χ0v) is 9.66. The Morgan fingerprint density at radius 1 is 1.57 bits per heavy atom. The molecule has 3 heteroatoms. The molecule has 1 heterocycles. The van der Waals surface area contributed by atoms with Crippen molar-refractivity contribution in [2.24, 2.45) is 11.7 Å². The van der Waals surface area contributed by atoms with Crippen molar-refractivity contribution >= 4 is 0 Å². The van der Waals surface area contributed by atoms with Crippen molar-refractivity contribution in [1.82, 2.24) is 4.90 Å². The second kappa shape index (κ2) is 4.60. The van der Waals surface area contributed by atoms with Crippen LogP contribution in [-0.4, -0.2) is 41.3 Å². The lowest BCUT2D eigenvalue weighted by Gasteiger charge is -2.37. The van der Waals surface area contributed by atoms with E-state index in [4.69, 9.17) is 5.73 Å². The number of β-amino-alcohol motifs (C(OH)–C–C–N with tert-alkyl or cyclic N) is 1. The number of hydrogen-bond donors (Lipinski definition) is 2. The standard InChI is InChI=1S/C11H24N2O/c1-9(12)10-5-4-6-13(7-10)8-11(2,3)14/h9-10,14H,4-8,12H2,1-3H3/t9-,10-/m1/s1. The summed E-state index contributed by atoms with van der Waals surface area (Å²) in [5, 5.41) is 9.72. The van der Waals surface area contributed by atoms with Crippen LogP contribution in [0.5, 0.6) is 0 Å². The van der Waals surface area contributed by atoms with Crippen LogP contribution in [0.1, 0.15) is 33.6 Å². The summed E-state index contributed by atoms with van der Waals surface area (Å²) in [6.45, 7) is 8.72. The van der Waals surface area contributed by atoms with Crippen LogP contribution in [0.2, 0.25) is 0 Å². The Bertz CT molecular complexity index is 175. The molecule has 0 aliphatic carbocycles. The summed E-state index contributed by atoms with van der Waals surface area (Å²) in [6.07, 6.45) is 2.45. The quantitative estimate of drug-likeness (QED) is 0.709. The van der Waals surface area contributed by atoms with Gasteiger partial charge in [-0.2, -0.15) is 0 Å². The highest BCUT2D eigenvalue weighted by molar-refractivity contribution is 4.81. The highest BCUT2D eigenvalue weighted by Crippen LogP contribution is 2.20. The zero-order valence-electron chi connectivity index (χ0n) is 9.66. The molecule has 3 nitrogen and oxygen atoms in total. The van der Waals surface area contributed by atoms with Gasteiger partial charge in [0.15, 0.2) is 0 Å². The van der Waals surface area contributed by atoms with Crippen LogP contribution < -0.4 is 5.73 Å². The summed E-state index contributed by atoms with van der Waals surface area (Å²) in [5.74, 6) is 0.603. The van der Waals surface area contributed by atoms with Crippen molar-refractivity contribution in [2.75, 3.05) is 19.6 Å². The topological polar surface area (TPSA) is 49.5 Å². The van der Waals surface area contributed by atoms with Crippen molar-refractivity contribution in [3.05, 3.63) is 0 Å². The molecule has 0 unspecified atom stereocenters. The van der Waals surface area contributed by atoms with Gasteiger partial charge in [0.25, 0.3) is 0 Å². The Morgan fingerprint density at radius 3 is 2.71 bits per heavy atom. The maximum Gasteiger partial charge on any atom is 0.0718 e. The second-order valence-corrected chi connectivity index (χ2v) is 5.31. The van der Waals surface area contributed by atoms with E-state index < -0.39 is 5.60 Å². The summed E-state index contributed by atoms with van der Waals surface area (Å²) < 4.78 is 0. The van der Waals surface area contributed by atoms with E-state index in [1.165, 1.54) is 12.8 Å². The summed E-state index contributed by atoms with van der Waals surface area (Å²) in [4.78, 5) is 2.33. The molecule has 0 aromatic carbocycles. The van der Waals surface area contributed by atoms with Crippen molar-refractivity contribution in [2.45, 2.75) is 45.3 Å². The first-order chi connectivity index (χ1) is 6.38. The Hall–Kier alpha value is -0.120. The third kappa shape index (κ3) is 3.95. The van der Waals surface area contributed by atoms with Gasteiger partial charge < -0.3 is 15.7 Å². The lowest BCUT2D eigenvalue weighted by Crippen LogP contribution is -2.47. The lowest BCUT2D eigenvalue weighted by molar-refractivity contribution is 0.0197. The van der Waals surface area contributed by atoms with Gasteiger partial charge in [-0.3, -0.25) is 0 Å². The molecule has 1 rings (SSSR count). The molecule has 0 aromatic rings. The van der Waals surface area contributed by atoms with Crippen LogP contribution in [0.4, 0.5) is 0 Å². The molecule has 0 bridgehead atoms. The fraction of sp³-hybridized carbons (Fsp3) is 1.00. The summed E-state index contributed by atoms with van der Waals surface area (Å²) in [6, 6.07) is 0.277. The van der Waals surface area contributed by atoms with E-state index in [2.05, 4.69) is 11.8 Å². The van der Waals surface area contributed by atoms with Crippen LogP contribution in [0.3, 0.4) is 0 Å². The number of aliphatic hydroxyl groups is 1. The third-order valence-electron chi connectivity index (χ3n) is 2.90. The largest absolute Gasteiger partial charge is 0.389 e. The Balaban J connectivity index is 2.40.